The molecule has 0 amide bonds. The maximum Gasteiger partial charge on any atom is 0.253 e. The molecular weight excluding hydrogens is 246 g/mol. The van der Waals surface area contributed by atoms with E-state index in [1.807, 2.05) is 25.3 Å². The fourth-order valence-corrected chi connectivity index (χ4v) is 3.13. The van der Waals surface area contributed by atoms with E-state index >= 15 is 0 Å². The van der Waals surface area contributed by atoms with Crippen LogP contribution < -0.4 is 5.56 Å². The summed E-state index contributed by atoms with van der Waals surface area (Å²) >= 11 is 0. The average Bonchev–Trinajstić information content (AvgIpc) is 2.99. The van der Waals surface area contributed by atoms with E-state index in [4.69, 9.17) is 0 Å². The van der Waals surface area contributed by atoms with Gasteiger partial charge in [0.1, 0.15) is 0 Å². The number of nitrogens with zero attached hydrogens (tertiary/aromatic N) is 1. The largest absolute Gasteiger partial charge is 0.311 e. The Morgan fingerprint density at radius 1 is 1.10 bits per heavy atom. The Bertz CT molecular complexity index is 633. The molecule has 3 rings (SSSR count). The third-order valence-electron chi connectivity index (χ3n) is 4.37. The number of rotatable bonds is 3. The lowest BCUT2D eigenvalue weighted by atomic mass is 9.97. The minimum Gasteiger partial charge on any atom is -0.311 e. The van der Waals surface area contributed by atoms with Crippen LogP contribution in [0.3, 0.4) is 0 Å². The molecule has 2 heteroatoms. The van der Waals surface area contributed by atoms with Crippen LogP contribution in [0.2, 0.25) is 0 Å². The average molecular weight is 267 g/mol. The van der Waals surface area contributed by atoms with Crippen molar-refractivity contribution in [1.29, 1.82) is 0 Å². The SMILES string of the molecule is Cc1cccn(Cc2ccc(C3CCCC3)cc2)c1=O. The molecule has 2 nitrogen and oxygen atoms in total. The molecule has 1 aromatic heterocycles. The summed E-state index contributed by atoms with van der Waals surface area (Å²) in [7, 11) is 0. The van der Waals surface area contributed by atoms with E-state index in [1.165, 1.54) is 36.8 Å². The second-order valence-electron chi connectivity index (χ2n) is 5.85. The lowest BCUT2D eigenvalue weighted by molar-refractivity contribution is 0.719. The summed E-state index contributed by atoms with van der Waals surface area (Å²) in [4.78, 5) is 12.0. The maximum absolute atomic E-state index is 12.0. The number of aromatic nitrogens is 1. The molecule has 0 aliphatic heterocycles. The van der Waals surface area contributed by atoms with Gasteiger partial charge in [0, 0.05) is 11.8 Å². The Labute approximate surface area is 120 Å². The summed E-state index contributed by atoms with van der Waals surface area (Å²) in [6.07, 6.45) is 7.25. The van der Waals surface area contributed by atoms with Crippen LogP contribution in [0.1, 0.15) is 48.3 Å². The van der Waals surface area contributed by atoms with Crippen LogP contribution >= 0.6 is 0 Å². The van der Waals surface area contributed by atoms with Crippen LogP contribution in [-0.4, -0.2) is 4.57 Å². The molecule has 20 heavy (non-hydrogen) atoms. The minimum absolute atomic E-state index is 0.104. The van der Waals surface area contributed by atoms with Crippen molar-refractivity contribution in [3.63, 3.8) is 0 Å². The lowest BCUT2D eigenvalue weighted by Gasteiger charge is -2.11. The van der Waals surface area contributed by atoms with E-state index in [9.17, 15) is 4.79 Å². The first-order valence-corrected chi connectivity index (χ1v) is 7.49. The summed E-state index contributed by atoms with van der Waals surface area (Å²) in [5.41, 5.74) is 3.56. The van der Waals surface area contributed by atoms with Crippen LogP contribution in [0.15, 0.2) is 47.4 Å². The standard InChI is InChI=1S/C18H21NO/c1-14-5-4-12-19(18(14)20)13-15-8-10-17(11-9-15)16-6-2-3-7-16/h4-5,8-12,16H,2-3,6-7,13H2,1H3. The van der Waals surface area contributed by atoms with Crippen LogP contribution in [-0.2, 0) is 6.54 Å². The van der Waals surface area contributed by atoms with E-state index in [1.54, 1.807) is 4.57 Å². The zero-order valence-corrected chi connectivity index (χ0v) is 12.0. The predicted molar refractivity (Wildman–Crippen MR) is 82.2 cm³/mol. The van der Waals surface area contributed by atoms with E-state index in [-0.39, 0.29) is 5.56 Å². The fourth-order valence-electron chi connectivity index (χ4n) is 3.13. The zero-order chi connectivity index (χ0) is 13.9. The Hall–Kier alpha value is -1.83. The normalized spacial score (nSPS) is 15.7. The Kier molecular flexibility index (Phi) is 3.72. The van der Waals surface area contributed by atoms with E-state index in [2.05, 4.69) is 24.3 Å². The quantitative estimate of drug-likeness (QED) is 0.827. The van der Waals surface area contributed by atoms with Gasteiger partial charge in [-0.25, -0.2) is 0 Å². The molecule has 1 heterocycles. The van der Waals surface area contributed by atoms with E-state index < -0.39 is 0 Å². The summed E-state index contributed by atoms with van der Waals surface area (Å²) in [5, 5.41) is 0. The van der Waals surface area contributed by atoms with Crippen LogP contribution in [0.25, 0.3) is 0 Å². The Balaban J connectivity index is 1.78. The maximum atomic E-state index is 12.0. The second-order valence-corrected chi connectivity index (χ2v) is 5.85. The van der Waals surface area contributed by atoms with Gasteiger partial charge < -0.3 is 4.57 Å². The van der Waals surface area contributed by atoms with Crippen molar-refractivity contribution in [2.45, 2.75) is 45.1 Å². The van der Waals surface area contributed by atoms with Crippen molar-refractivity contribution in [2.24, 2.45) is 0 Å². The Morgan fingerprint density at radius 3 is 2.50 bits per heavy atom. The van der Waals surface area contributed by atoms with Crippen LogP contribution in [0.5, 0.6) is 0 Å². The van der Waals surface area contributed by atoms with Crippen molar-refractivity contribution in [1.82, 2.24) is 4.57 Å². The molecule has 0 radical (unpaired) electrons. The van der Waals surface area contributed by atoms with Gasteiger partial charge >= 0.3 is 0 Å². The van der Waals surface area contributed by atoms with Gasteiger partial charge in [-0.1, -0.05) is 43.2 Å². The van der Waals surface area contributed by atoms with Gasteiger partial charge in [0.25, 0.3) is 5.56 Å². The van der Waals surface area contributed by atoms with Crippen molar-refractivity contribution in [3.05, 3.63) is 69.6 Å². The molecule has 1 saturated carbocycles. The summed E-state index contributed by atoms with van der Waals surface area (Å²) < 4.78 is 1.78. The summed E-state index contributed by atoms with van der Waals surface area (Å²) in [6, 6.07) is 12.6. The van der Waals surface area contributed by atoms with Crippen molar-refractivity contribution in [3.8, 4) is 0 Å². The highest BCUT2D eigenvalue weighted by Crippen LogP contribution is 2.33. The lowest BCUT2D eigenvalue weighted by Crippen LogP contribution is -2.21. The van der Waals surface area contributed by atoms with E-state index in [0.717, 1.165) is 11.5 Å². The molecule has 0 saturated heterocycles. The fraction of sp³-hybridized carbons (Fsp3) is 0.389. The molecule has 1 fully saturated rings. The van der Waals surface area contributed by atoms with Crippen molar-refractivity contribution in [2.75, 3.05) is 0 Å². The van der Waals surface area contributed by atoms with Gasteiger partial charge in [-0.05, 0) is 42.9 Å². The molecule has 0 spiro atoms. The Morgan fingerprint density at radius 2 is 1.80 bits per heavy atom. The first kappa shape index (κ1) is 13.2. The van der Waals surface area contributed by atoms with Gasteiger partial charge in [0.05, 0.1) is 6.54 Å². The highest BCUT2D eigenvalue weighted by atomic mass is 16.1. The summed E-state index contributed by atoms with van der Waals surface area (Å²) in [6.45, 7) is 2.52. The number of aryl methyl sites for hydroxylation is 1. The second kappa shape index (κ2) is 5.66. The highest BCUT2D eigenvalue weighted by molar-refractivity contribution is 5.26. The smallest absolute Gasteiger partial charge is 0.253 e. The van der Waals surface area contributed by atoms with Crippen molar-refractivity contribution < 1.29 is 0 Å². The third kappa shape index (κ3) is 2.69. The van der Waals surface area contributed by atoms with Gasteiger partial charge in [-0.15, -0.1) is 0 Å². The topological polar surface area (TPSA) is 22.0 Å². The molecule has 0 atom stereocenters. The molecule has 0 unspecified atom stereocenters. The summed E-state index contributed by atoms with van der Waals surface area (Å²) in [5.74, 6) is 0.755. The molecular formula is C18H21NO. The van der Waals surface area contributed by atoms with Gasteiger partial charge in [0.2, 0.25) is 0 Å². The van der Waals surface area contributed by atoms with Gasteiger partial charge in [-0.3, -0.25) is 4.79 Å². The van der Waals surface area contributed by atoms with Gasteiger partial charge in [0.15, 0.2) is 0 Å². The van der Waals surface area contributed by atoms with Crippen molar-refractivity contribution >= 4 is 0 Å². The first-order chi connectivity index (χ1) is 9.74. The molecule has 1 aliphatic carbocycles. The van der Waals surface area contributed by atoms with Crippen LogP contribution in [0, 0.1) is 6.92 Å². The number of benzene rings is 1. The minimum atomic E-state index is 0.104. The monoisotopic (exact) mass is 267 g/mol. The molecule has 1 aromatic carbocycles. The number of hydrogen-bond donors (Lipinski definition) is 0. The predicted octanol–water partition coefficient (Wildman–Crippen LogP) is 3.86. The number of pyridine rings is 1. The third-order valence-corrected chi connectivity index (χ3v) is 4.37. The van der Waals surface area contributed by atoms with Crippen LogP contribution in [0.4, 0.5) is 0 Å². The first-order valence-electron chi connectivity index (χ1n) is 7.49. The molecule has 104 valence electrons. The molecule has 2 aromatic rings. The molecule has 1 aliphatic rings. The molecule has 0 bridgehead atoms. The molecule has 0 N–H and O–H groups in total. The zero-order valence-electron chi connectivity index (χ0n) is 12.0. The number of hydrogen-bond acceptors (Lipinski definition) is 1. The van der Waals surface area contributed by atoms with Gasteiger partial charge in [-0.2, -0.15) is 0 Å². The highest BCUT2D eigenvalue weighted by Gasteiger charge is 2.16. The van der Waals surface area contributed by atoms with E-state index in [0.29, 0.717) is 6.54 Å².